The van der Waals surface area contributed by atoms with Crippen LogP contribution >= 0.6 is 11.8 Å². The molecular formula is C13H25N5O2S. The molecule has 1 saturated heterocycles. The molecule has 120 valence electrons. The lowest BCUT2D eigenvalue weighted by molar-refractivity contribution is -0.00469. The minimum atomic E-state index is 0.0163. The highest BCUT2D eigenvalue weighted by molar-refractivity contribution is 7.99. The van der Waals surface area contributed by atoms with E-state index in [1.165, 1.54) is 0 Å². The fourth-order valence-corrected chi connectivity index (χ4v) is 3.23. The maximum atomic E-state index is 5.99. The van der Waals surface area contributed by atoms with Gasteiger partial charge in [0.2, 0.25) is 5.16 Å². The second kappa shape index (κ2) is 8.07. The Bertz CT molecular complexity index is 426. The van der Waals surface area contributed by atoms with E-state index >= 15 is 0 Å². The van der Waals surface area contributed by atoms with Crippen LogP contribution in [0.4, 0.5) is 0 Å². The van der Waals surface area contributed by atoms with Gasteiger partial charge in [-0.1, -0.05) is 11.8 Å². The molecule has 0 radical (unpaired) electrons. The van der Waals surface area contributed by atoms with Crippen molar-refractivity contribution < 1.29 is 9.47 Å². The molecule has 1 atom stereocenters. The van der Waals surface area contributed by atoms with Gasteiger partial charge in [-0.3, -0.25) is 0 Å². The zero-order chi connectivity index (χ0) is 15.1. The number of aromatic nitrogens is 4. The number of thioether (sulfide) groups is 1. The van der Waals surface area contributed by atoms with Crippen LogP contribution in [0.5, 0.6) is 0 Å². The van der Waals surface area contributed by atoms with Gasteiger partial charge in [0.1, 0.15) is 0 Å². The molecule has 1 aliphatic heterocycles. The third-order valence-corrected chi connectivity index (χ3v) is 4.52. The van der Waals surface area contributed by atoms with Crippen molar-refractivity contribution in [3.8, 4) is 0 Å². The molecule has 0 aliphatic carbocycles. The van der Waals surface area contributed by atoms with Crippen molar-refractivity contribution in [2.75, 3.05) is 32.6 Å². The van der Waals surface area contributed by atoms with Crippen LogP contribution in [0.2, 0.25) is 0 Å². The van der Waals surface area contributed by atoms with Crippen LogP contribution in [0.25, 0.3) is 0 Å². The Morgan fingerprint density at radius 2 is 2.33 bits per heavy atom. The predicted molar refractivity (Wildman–Crippen MR) is 81.5 cm³/mol. The summed E-state index contributed by atoms with van der Waals surface area (Å²) in [5.74, 6) is 0.904. The molecule has 1 fully saturated rings. The molecule has 1 aromatic rings. The summed E-state index contributed by atoms with van der Waals surface area (Å²) in [5, 5.41) is 16.0. The van der Waals surface area contributed by atoms with Crippen LogP contribution in [0, 0.1) is 0 Å². The van der Waals surface area contributed by atoms with Crippen LogP contribution in [-0.4, -0.2) is 64.5 Å². The highest BCUT2D eigenvalue weighted by atomic mass is 32.2. The topological polar surface area (TPSA) is 74.1 Å². The lowest BCUT2D eigenvalue weighted by Crippen LogP contribution is -2.24. The maximum absolute atomic E-state index is 5.99. The lowest BCUT2D eigenvalue weighted by Gasteiger charge is -2.18. The van der Waals surface area contributed by atoms with Gasteiger partial charge in [-0.05, 0) is 37.1 Å². The molecule has 1 aliphatic rings. The quantitative estimate of drug-likeness (QED) is 0.537. The fourth-order valence-electron chi connectivity index (χ4n) is 2.29. The second-order valence-electron chi connectivity index (χ2n) is 5.78. The van der Waals surface area contributed by atoms with E-state index in [4.69, 9.17) is 9.47 Å². The standard InChI is InChI=1S/C13H25N5O2S/c1-13(2)5-4-11(20-13)10-21-12-15-16-17-18(12)8-6-14-7-9-19-3/h11,14H,4-10H2,1-3H3. The van der Waals surface area contributed by atoms with Gasteiger partial charge in [-0.25, -0.2) is 4.68 Å². The van der Waals surface area contributed by atoms with E-state index in [2.05, 4.69) is 34.7 Å². The van der Waals surface area contributed by atoms with Gasteiger partial charge in [-0.2, -0.15) is 0 Å². The predicted octanol–water partition coefficient (Wildman–Crippen LogP) is 0.959. The van der Waals surface area contributed by atoms with Crippen molar-refractivity contribution in [1.29, 1.82) is 0 Å². The highest BCUT2D eigenvalue weighted by Crippen LogP contribution is 2.32. The normalized spacial score (nSPS) is 21.0. The molecule has 0 saturated carbocycles. The van der Waals surface area contributed by atoms with Crippen LogP contribution in [0.1, 0.15) is 26.7 Å². The summed E-state index contributed by atoms with van der Waals surface area (Å²) in [4.78, 5) is 0. The van der Waals surface area contributed by atoms with Crippen LogP contribution < -0.4 is 5.32 Å². The molecule has 0 amide bonds. The van der Waals surface area contributed by atoms with Gasteiger partial charge in [-0.15, -0.1) is 5.10 Å². The molecule has 1 N–H and O–H groups in total. The summed E-state index contributed by atoms with van der Waals surface area (Å²) in [7, 11) is 1.70. The summed E-state index contributed by atoms with van der Waals surface area (Å²) in [6.07, 6.45) is 2.53. The SMILES string of the molecule is COCCNCCn1nnnc1SCC1CCC(C)(C)O1. The van der Waals surface area contributed by atoms with E-state index in [9.17, 15) is 0 Å². The van der Waals surface area contributed by atoms with E-state index < -0.39 is 0 Å². The zero-order valence-electron chi connectivity index (χ0n) is 13.0. The maximum Gasteiger partial charge on any atom is 0.209 e. The van der Waals surface area contributed by atoms with Crippen LogP contribution in [0.15, 0.2) is 5.16 Å². The highest BCUT2D eigenvalue weighted by Gasteiger charge is 2.31. The Kier molecular flexibility index (Phi) is 6.40. The number of hydrogen-bond acceptors (Lipinski definition) is 7. The van der Waals surface area contributed by atoms with Gasteiger partial charge in [0.15, 0.2) is 0 Å². The fraction of sp³-hybridized carbons (Fsp3) is 0.923. The van der Waals surface area contributed by atoms with Crippen molar-refractivity contribution in [3.63, 3.8) is 0 Å². The third kappa shape index (κ3) is 5.54. The smallest absolute Gasteiger partial charge is 0.209 e. The zero-order valence-corrected chi connectivity index (χ0v) is 13.9. The minimum Gasteiger partial charge on any atom is -0.383 e. The van der Waals surface area contributed by atoms with Crippen molar-refractivity contribution in [2.24, 2.45) is 0 Å². The number of methoxy groups -OCH3 is 1. The largest absolute Gasteiger partial charge is 0.383 e. The Balaban J connectivity index is 1.70. The van der Waals surface area contributed by atoms with E-state index in [-0.39, 0.29) is 5.60 Å². The van der Waals surface area contributed by atoms with Gasteiger partial charge in [0.25, 0.3) is 0 Å². The van der Waals surface area contributed by atoms with Crippen LogP contribution in [-0.2, 0) is 16.0 Å². The Morgan fingerprint density at radius 3 is 3.05 bits per heavy atom. The summed E-state index contributed by atoms with van der Waals surface area (Å²) in [6.45, 7) is 7.43. The first kappa shape index (κ1) is 16.7. The average molecular weight is 315 g/mol. The summed E-state index contributed by atoms with van der Waals surface area (Å²) in [5.41, 5.74) is 0.0163. The molecular weight excluding hydrogens is 290 g/mol. The molecule has 1 aromatic heterocycles. The Labute approximate surface area is 130 Å². The van der Waals surface area contributed by atoms with E-state index in [1.54, 1.807) is 18.9 Å². The van der Waals surface area contributed by atoms with Crippen molar-refractivity contribution in [3.05, 3.63) is 0 Å². The molecule has 0 aromatic carbocycles. The van der Waals surface area contributed by atoms with Gasteiger partial charge >= 0.3 is 0 Å². The van der Waals surface area contributed by atoms with E-state index in [1.807, 2.05) is 4.68 Å². The van der Waals surface area contributed by atoms with Gasteiger partial charge in [0.05, 0.1) is 24.9 Å². The number of nitrogens with zero attached hydrogens (tertiary/aromatic N) is 4. The molecule has 0 spiro atoms. The van der Waals surface area contributed by atoms with Gasteiger partial charge < -0.3 is 14.8 Å². The summed E-state index contributed by atoms with van der Waals surface area (Å²) in [6, 6.07) is 0. The van der Waals surface area contributed by atoms with Crippen molar-refractivity contribution in [2.45, 2.75) is 50.1 Å². The van der Waals surface area contributed by atoms with E-state index in [0.29, 0.717) is 12.7 Å². The first-order valence-electron chi connectivity index (χ1n) is 7.37. The Morgan fingerprint density at radius 1 is 1.48 bits per heavy atom. The average Bonchev–Trinajstić information content (AvgIpc) is 3.02. The summed E-state index contributed by atoms with van der Waals surface area (Å²) >= 11 is 1.67. The minimum absolute atomic E-state index is 0.0163. The molecule has 2 heterocycles. The molecule has 7 nitrogen and oxygen atoms in total. The molecule has 0 bridgehead atoms. The first-order chi connectivity index (χ1) is 10.1. The van der Waals surface area contributed by atoms with Gasteiger partial charge in [0, 0.05) is 26.0 Å². The van der Waals surface area contributed by atoms with Crippen molar-refractivity contribution >= 4 is 11.8 Å². The van der Waals surface area contributed by atoms with Crippen molar-refractivity contribution in [1.82, 2.24) is 25.5 Å². The molecule has 2 rings (SSSR count). The molecule has 1 unspecified atom stereocenters. The third-order valence-electron chi connectivity index (χ3n) is 3.43. The number of hydrogen-bond donors (Lipinski definition) is 1. The van der Waals surface area contributed by atoms with Crippen LogP contribution in [0.3, 0.4) is 0 Å². The monoisotopic (exact) mass is 315 g/mol. The number of ether oxygens (including phenoxy) is 2. The summed E-state index contributed by atoms with van der Waals surface area (Å²) < 4.78 is 12.8. The number of nitrogens with one attached hydrogen (secondary N) is 1. The lowest BCUT2D eigenvalue weighted by atomic mass is 10.1. The van der Waals surface area contributed by atoms with E-state index in [0.717, 1.165) is 43.4 Å². The first-order valence-corrected chi connectivity index (χ1v) is 8.36. The molecule has 8 heteroatoms. The number of tetrazole rings is 1. The Hall–Kier alpha value is -0.700. The second-order valence-corrected chi connectivity index (χ2v) is 6.76. The molecule has 21 heavy (non-hydrogen) atoms. The number of rotatable bonds is 9.